The molecule has 2 aromatic rings. The lowest BCUT2D eigenvalue weighted by Gasteiger charge is -2.39. The highest BCUT2D eigenvalue weighted by Crippen LogP contribution is 2.45. The fraction of sp³-hybridized carbons (Fsp3) is 0.556. The molecule has 0 N–H and O–H groups in total. The van der Waals surface area contributed by atoms with Gasteiger partial charge in [0.05, 0.1) is 5.41 Å². The molecule has 2 aliphatic heterocycles. The first-order valence-electron chi connectivity index (χ1n) is 8.64. The van der Waals surface area contributed by atoms with E-state index < -0.39 is 0 Å². The van der Waals surface area contributed by atoms with Gasteiger partial charge >= 0.3 is 0 Å². The third kappa shape index (κ3) is 2.57. The van der Waals surface area contributed by atoms with Gasteiger partial charge in [0.15, 0.2) is 5.82 Å². The van der Waals surface area contributed by atoms with E-state index in [1.54, 1.807) is 6.07 Å². The fourth-order valence-corrected chi connectivity index (χ4v) is 4.26. The minimum atomic E-state index is -0.134. The van der Waals surface area contributed by atoms with E-state index in [1.807, 2.05) is 19.9 Å². The molecule has 2 fully saturated rings. The predicted molar refractivity (Wildman–Crippen MR) is 92.2 cm³/mol. The second-order valence-corrected chi connectivity index (χ2v) is 7.34. The third-order valence-electron chi connectivity index (χ3n) is 5.60. The monoisotopic (exact) mass is 338 g/mol. The van der Waals surface area contributed by atoms with Gasteiger partial charge in [-0.05, 0) is 45.5 Å². The van der Waals surface area contributed by atoms with Gasteiger partial charge in [-0.25, -0.2) is 4.98 Å². The van der Waals surface area contributed by atoms with Crippen molar-refractivity contribution in [2.75, 3.05) is 38.1 Å². The van der Waals surface area contributed by atoms with Crippen molar-refractivity contribution in [2.45, 2.75) is 25.7 Å². The molecule has 2 aromatic heterocycles. The highest BCUT2D eigenvalue weighted by Gasteiger charge is 2.54. The molecule has 2 aliphatic rings. The van der Waals surface area contributed by atoms with E-state index in [0.29, 0.717) is 17.4 Å². The largest absolute Gasteiger partial charge is 0.355 e. The van der Waals surface area contributed by atoms with Gasteiger partial charge in [0, 0.05) is 25.6 Å². The summed E-state index contributed by atoms with van der Waals surface area (Å²) in [4.78, 5) is 13.8. The van der Waals surface area contributed by atoms with Gasteiger partial charge in [-0.1, -0.05) is 11.2 Å². The Morgan fingerprint density at radius 1 is 1.28 bits per heavy atom. The SMILES string of the molecule is Cc1noc([C@@]23CCN(C)C[C@@H]2CN(c2nc(C#N)ccc2C)C3)n1. The van der Waals surface area contributed by atoms with Crippen LogP contribution in [0.2, 0.25) is 0 Å². The zero-order chi connectivity index (χ0) is 17.6. The Balaban J connectivity index is 1.74. The van der Waals surface area contributed by atoms with Crippen molar-refractivity contribution in [3.05, 3.63) is 35.1 Å². The molecule has 0 amide bonds. The first kappa shape index (κ1) is 16.0. The van der Waals surface area contributed by atoms with Crippen molar-refractivity contribution < 1.29 is 4.52 Å². The van der Waals surface area contributed by atoms with Crippen LogP contribution in [0, 0.1) is 31.1 Å². The van der Waals surface area contributed by atoms with Crippen LogP contribution in [-0.4, -0.2) is 53.3 Å². The summed E-state index contributed by atoms with van der Waals surface area (Å²) in [5, 5.41) is 13.2. The molecular formula is C18H22N6O. The molecular weight excluding hydrogens is 316 g/mol. The van der Waals surface area contributed by atoms with Gasteiger partial charge in [0.25, 0.3) is 0 Å². The molecule has 2 saturated heterocycles. The number of piperidine rings is 1. The van der Waals surface area contributed by atoms with E-state index in [0.717, 1.165) is 49.9 Å². The number of nitrogens with zero attached hydrogens (tertiary/aromatic N) is 6. The summed E-state index contributed by atoms with van der Waals surface area (Å²) in [7, 11) is 2.16. The van der Waals surface area contributed by atoms with E-state index in [2.05, 4.69) is 38.0 Å². The summed E-state index contributed by atoms with van der Waals surface area (Å²) in [5.74, 6) is 2.73. The molecule has 0 radical (unpaired) electrons. The normalized spacial score (nSPS) is 26.5. The summed E-state index contributed by atoms with van der Waals surface area (Å²) in [6, 6.07) is 5.89. The van der Waals surface area contributed by atoms with Crippen molar-refractivity contribution in [1.82, 2.24) is 20.0 Å². The number of aryl methyl sites for hydroxylation is 2. The van der Waals surface area contributed by atoms with Crippen LogP contribution >= 0.6 is 0 Å². The van der Waals surface area contributed by atoms with Crippen molar-refractivity contribution >= 4 is 5.82 Å². The molecule has 0 saturated carbocycles. The molecule has 0 bridgehead atoms. The van der Waals surface area contributed by atoms with Crippen molar-refractivity contribution in [3.8, 4) is 6.07 Å². The van der Waals surface area contributed by atoms with Crippen molar-refractivity contribution in [2.24, 2.45) is 5.92 Å². The van der Waals surface area contributed by atoms with Gasteiger partial charge in [0.2, 0.25) is 5.89 Å². The minimum Gasteiger partial charge on any atom is -0.355 e. The summed E-state index contributed by atoms with van der Waals surface area (Å²) >= 11 is 0. The van der Waals surface area contributed by atoms with Crippen LogP contribution in [0.1, 0.15) is 29.4 Å². The molecule has 7 heteroatoms. The van der Waals surface area contributed by atoms with Gasteiger partial charge < -0.3 is 14.3 Å². The Morgan fingerprint density at radius 3 is 2.84 bits per heavy atom. The number of anilines is 1. The van der Waals surface area contributed by atoms with Gasteiger partial charge in [-0.3, -0.25) is 0 Å². The summed E-state index contributed by atoms with van der Waals surface area (Å²) in [5.41, 5.74) is 1.41. The molecule has 0 unspecified atom stereocenters. The Labute approximate surface area is 147 Å². The van der Waals surface area contributed by atoms with Crippen LogP contribution in [0.15, 0.2) is 16.7 Å². The average Bonchev–Trinajstić information content (AvgIpc) is 3.19. The van der Waals surface area contributed by atoms with Crippen LogP contribution in [0.4, 0.5) is 5.82 Å². The van der Waals surface area contributed by atoms with Crippen LogP contribution in [0.25, 0.3) is 0 Å². The smallest absolute Gasteiger partial charge is 0.235 e. The lowest BCUT2D eigenvalue weighted by molar-refractivity contribution is 0.118. The minimum absolute atomic E-state index is 0.134. The molecule has 2 atom stereocenters. The van der Waals surface area contributed by atoms with Crippen LogP contribution in [0.5, 0.6) is 0 Å². The number of rotatable bonds is 2. The van der Waals surface area contributed by atoms with Gasteiger partial charge in [-0.15, -0.1) is 0 Å². The van der Waals surface area contributed by atoms with E-state index >= 15 is 0 Å². The maximum absolute atomic E-state index is 9.20. The molecule has 0 aliphatic carbocycles. The van der Waals surface area contributed by atoms with Gasteiger partial charge in [-0.2, -0.15) is 10.2 Å². The highest BCUT2D eigenvalue weighted by atomic mass is 16.5. The molecule has 130 valence electrons. The summed E-state index contributed by atoms with van der Waals surface area (Å²) < 4.78 is 5.62. The van der Waals surface area contributed by atoms with E-state index in [9.17, 15) is 5.26 Å². The highest BCUT2D eigenvalue weighted by molar-refractivity contribution is 5.51. The maximum Gasteiger partial charge on any atom is 0.235 e. The third-order valence-corrected chi connectivity index (χ3v) is 5.60. The summed E-state index contributed by atoms with van der Waals surface area (Å²) in [6.45, 7) is 7.60. The molecule has 7 nitrogen and oxygen atoms in total. The fourth-order valence-electron chi connectivity index (χ4n) is 4.26. The van der Waals surface area contributed by atoms with Crippen LogP contribution in [0.3, 0.4) is 0 Å². The number of pyridine rings is 1. The number of hydrogen-bond donors (Lipinski definition) is 0. The number of hydrogen-bond acceptors (Lipinski definition) is 7. The molecule has 0 aromatic carbocycles. The molecule has 25 heavy (non-hydrogen) atoms. The van der Waals surface area contributed by atoms with Crippen LogP contribution in [-0.2, 0) is 5.41 Å². The van der Waals surface area contributed by atoms with E-state index in [-0.39, 0.29) is 5.41 Å². The number of aromatic nitrogens is 3. The zero-order valence-corrected chi connectivity index (χ0v) is 14.9. The summed E-state index contributed by atoms with van der Waals surface area (Å²) in [6.07, 6.45) is 0.989. The Hall–Kier alpha value is -2.46. The lowest BCUT2D eigenvalue weighted by atomic mass is 9.72. The molecule has 4 rings (SSSR count). The van der Waals surface area contributed by atoms with E-state index in [1.165, 1.54) is 0 Å². The van der Waals surface area contributed by atoms with Crippen molar-refractivity contribution in [3.63, 3.8) is 0 Å². The Bertz CT molecular complexity index is 840. The lowest BCUT2D eigenvalue weighted by Crippen LogP contribution is -2.48. The standard InChI is InChI=1S/C18H22N6O/c1-12-4-5-15(8-19)21-16(12)24-10-14-9-23(3)7-6-18(14,11-24)17-20-13(2)22-25-17/h4-5,14H,6-7,9-11H2,1-3H3/t14-,18-/m1/s1. The van der Waals surface area contributed by atoms with Crippen LogP contribution < -0.4 is 4.90 Å². The number of likely N-dealkylation sites (tertiary alicyclic amines) is 1. The zero-order valence-electron chi connectivity index (χ0n) is 14.9. The predicted octanol–water partition coefficient (Wildman–Crippen LogP) is 1.66. The first-order chi connectivity index (χ1) is 12.0. The van der Waals surface area contributed by atoms with Gasteiger partial charge in [0.1, 0.15) is 17.6 Å². The molecule has 0 spiro atoms. The topological polar surface area (TPSA) is 82.1 Å². The maximum atomic E-state index is 9.20. The quantitative estimate of drug-likeness (QED) is 0.823. The second-order valence-electron chi connectivity index (χ2n) is 7.34. The number of fused-ring (bicyclic) bond motifs is 1. The first-order valence-corrected chi connectivity index (χ1v) is 8.64. The van der Waals surface area contributed by atoms with Crippen molar-refractivity contribution in [1.29, 1.82) is 5.26 Å². The Morgan fingerprint density at radius 2 is 2.12 bits per heavy atom. The molecule has 4 heterocycles. The van der Waals surface area contributed by atoms with E-state index in [4.69, 9.17) is 4.52 Å². The Kier molecular flexibility index (Phi) is 3.73. The second kappa shape index (κ2) is 5.81. The number of nitriles is 1. The average molecular weight is 338 g/mol.